The second-order valence-electron chi connectivity index (χ2n) is 11.4. The fraction of sp³-hybridized carbons (Fsp3) is 0.333. The van der Waals surface area contributed by atoms with Gasteiger partial charge in [0.15, 0.2) is 5.78 Å². The molecule has 225 valence electrons. The Hall–Kier alpha value is -3.41. The number of pyridine rings is 1. The van der Waals surface area contributed by atoms with Crippen molar-refractivity contribution in [3.8, 4) is 11.3 Å². The molecule has 0 unspecified atom stereocenters. The number of fused-ring (bicyclic) bond motifs is 9. The Kier molecular flexibility index (Phi) is 10.5. The van der Waals surface area contributed by atoms with Crippen LogP contribution in [0.4, 0.5) is 17.1 Å². The topological polar surface area (TPSA) is 56.7 Å². The fourth-order valence-electron chi connectivity index (χ4n) is 6.39. The van der Waals surface area contributed by atoms with Crippen molar-refractivity contribution in [3.05, 3.63) is 90.3 Å². The fourth-order valence-corrected chi connectivity index (χ4v) is 6.39. The van der Waals surface area contributed by atoms with Crippen molar-refractivity contribution in [3.63, 3.8) is 0 Å². The smallest absolute Gasteiger partial charge is 0.369 e. The summed E-state index contributed by atoms with van der Waals surface area (Å²) in [5, 5.41) is 12.1. The Balaban J connectivity index is 0.000000230. The Morgan fingerprint density at radius 2 is 1.58 bits per heavy atom. The second-order valence-corrected chi connectivity index (χ2v) is 11.4. The molecule has 4 aromatic rings. The molecule has 0 saturated heterocycles. The van der Waals surface area contributed by atoms with Crippen molar-refractivity contribution in [1.82, 2.24) is 4.98 Å². The Morgan fingerprint density at radius 3 is 2.26 bits per heavy atom. The van der Waals surface area contributed by atoms with Gasteiger partial charge >= 0.3 is 6.98 Å². The molecule has 0 aliphatic carbocycles. The van der Waals surface area contributed by atoms with E-state index in [4.69, 9.17) is 4.98 Å². The quantitative estimate of drug-likeness (QED) is 0.0895. The minimum Gasteiger partial charge on any atom is -0.512 e. The average molecular weight is 751 g/mol. The van der Waals surface area contributed by atoms with E-state index in [1.807, 2.05) is 33.9 Å². The van der Waals surface area contributed by atoms with Crippen LogP contribution in [0.15, 0.2) is 78.7 Å². The summed E-state index contributed by atoms with van der Waals surface area (Å²) in [6.45, 7) is 10.4. The van der Waals surface area contributed by atoms with Gasteiger partial charge in [0.25, 0.3) is 0 Å². The molecule has 2 aliphatic rings. The summed E-state index contributed by atoms with van der Waals surface area (Å²) in [4.78, 5) is 21.3. The Bertz CT molecular complexity index is 1630. The molecule has 1 N–H and O–H groups in total. The van der Waals surface area contributed by atoms with Crippen LogP contribution in [0.2, 0.25) is 0 Å². The van der Waals surface area contributed by atoms with Crippen LogP contribution in [0.1, 0.15) is 58.9 Å². The number of hydrogen-bond donors (Lipinski definition) is 1. The van der Waals surface area contributed by atoms with Crippen molar-refractivity contribution in [2.24, 2.45) is 11.8 Å². The summed E-state index contributed by atoms with van der Waals surface area (Å²) < 4.78 is 0. The van der Waals surface area contributed by atoms with Crippen LogP contribution in [-0.4, -0.2) is 29.9 Å². The van der Waals surface area contributed by atoms with Gasteiger partial charge in [-0.2, -0.15) is 0 Å². The molecular weight excluding hydrogens is 709 g/mol. The molecular formula is C36H41BIrN3O2-. The van der Waals surface area contributed by atoms with E-state index in [1.54, 1.807) is 0 Å². The summed E-state index contributed by atoms with van der Waals surface area (Å²) in [6, 6.07) is 25.2. The number of anilines is 3. The summed E-state index contributed by atoms with van der Waals surface area (Å²) in [5.74, 6) is 0.547. The largest absolute Gasteiger partial charge is 0.512 e. The number of carbonyl (C=O) groups excluding carboxylic acids is 1. The summed E-state index contributed by atoms with van der Waals surface area (Å²) in [7, 11) is 2.18. The molecule has 0 spiro atoms. The number of aliphatic hydroxyl groups is 1. The van der Waals surface area contributed by atoms with E-state index in [0.29, 0.717) is 0 Å². The molecule has 1 radical (unpaired) electrons. The number of ketones is 1. The summed E-state index contributed by atoms with van der Waals surface area (Å²) >= 11 is 0. The minimum absolute atomic E-state index is 0. The molecule has 7 heteroatoms. The number of nitrogens with zero attached hydrogens (tertiary/aromatic N) is 3. The second kappa shape index (κ2) is 13.9. The number of carbonyl (C=O) groups is 1. The van der Waals surface area contributed by atoms with Crippen LogP contribution in [0.3, 0.4) is 0 Å². The van der Waals surface area contributed by atoms with Crippen LogP contribution in [0, 0.1) is 24.8 Å². The number of benzene rings is 3. The number of aryl methyl sites for hydroxylation is 1. The van der Waals surface area contributed by atoms with E-state index >= 15 is 0 Å². The van der Waals surface area contributed by atoms with Gasteiger partial charge in [-0.05, 0) is 63.4 Å². The standard InChI is InChI=1S/C23H17BN3.C13H24O2.Ir/c1-15-11-12-25-22-18-13-16-7-3-4-8-17(16)14-19(18)24-26(2)20-9-5-6-10-21(20)27(24)23(15)22;1-5-10(6-2)12(14)9-13(15)11(7-3)8-4;/h3-12,14H,1-2H3;9-11,14H,5-8H2,1-4H3;/q-1;;/b;12-9-;. The number of aromatic nitrogens is 1. The summed E-state index contributed by atoms with van der Waals surface area (Å²) in [5.41, 5.74) is 8.32. The van der Waals surface area contributed by atoms with Gasteiger partial charge in [0.05, 0.1) is 11.4 Å². The van der Waals surface area contributed by atoms with E-state index in [9.17, 15) is 9.90 Å². The van der Waals surface area contributed by atoms with Crippen LogP contribution < -0.4 is 15.1 Å². The SMILES string of the molecule is CCC(CC)C(=O)/C=C(\O)C(CC)CC.Cc1ccnc2c1N1B(c3cc4ccccc4[c-]c3-2)N(C)c2ccccc21.[Ir]. The Morgan fingerprint density at radius 1 is 0.953 bits per heavy atom. The molecule has 6 rings (SSSR count). The first-order valence-corrected chi connectivity index (χ1v) is 15.3. The van der Waals surface area contributed by atoms with Gasteiger partial charge in [0, 0.05) is 61.3 Å². The van der Waals surface area contributed by atoms with Gasteiger partial charge in [-0.15, -0.1) is 23.6 Å². The van der Waals surface area contributed by atoms with E-state index in [2.05, 4.69) is 90.3 Å². The zero-order chi connectivity index (χ0) is 30.0. The third-order valence-corrected chi connectivity index (χ3v) is 8.92. The van der Waals surface area contributed by atoms with Gasteiger partial charge in [-0.1, -0.05) is 74.4 Å². The van der Waals surface area contributed by atoms with Crippen LogP contribution in [0.25, 0.3) is 22.0 Å². The summed E-state index contributed by atoms with van der Waals surface area (Å²) in [6.07, 6.45) is 6.82. The van der Waals surface area contributed by atoms with E-state index in [-0.39, 0.29) is 50.5 Å². The molecule has 0 saturated carbocycles. The monoisotopic (exact) mass is 751 g/mol. The van der Waals surface area contributed by atoms with Gasteiger partial charge < -0.3 is 14.7 Å². The van der Waals surface area contributed by atoms with E-state index in [0.717, 1.165) is 42.3 Å². The minimum atomic E-state index is 0. The first-order valence-electron chi connectivity index (χ1n) is 15.3. The Labute approximate surface area is 270 Å². The number of rotatable bonds is 7. The third kappa shape index (κ3) is 6.03. The molecule has 43 heavy (non-hydrogen) atoms. The predicted molar refractivity (Wildman–Crippen MR) is 177 cm³/mol. The zero-order valence-electron chi connectivity index (χ0n) is 26.0. The number of allylic oxidation sites excluding steroid dienone is 2. The van der Waals surface area contributed by atoms with E-state index < -0.39 is 0 Å². The van der Waals surface area contributed by atoms with Gasteiger partial charge in [0.2, 0.25) is 0 Å². The zero-order valence-corrected chi connectivity index (χ0v) is 28.4. The normalized spacial score (nSPS) is 13.2. The maximum Gasteiger partial charge on any atom is 0.369 e. The van der Waals surface area contributed by atoms with Crippen LogP contribution in [-0.2, 0) is 24.9 Å². The van der Waals surface area contributed by atoms with Crippen LogP contribution >= 0.6 is 0 Å². The molecule has 0 atom stereocenters. The average Bonchev–Trinajstić information content (AvgIpc) is 3.30. The molecule has 3 heterocycles. The maximum absolute atomic E-state index is 11.7. The van der Waals surface area contributed by atoms with Crippen molar-refractivity contribution in [2.45, 2.75) is 60.3 Å². The maximum atomic E-state index is 11.7. The molecule has 5 nitrogen and oxygen atoms in total. The molecule has 0 bridgehead atoms. The first kappa shape index (κ1) is 32.5. The van der Waals surface area contributed by atoms with Crippen LogP contribution in [0.5, 0.6) is 0 Å². The number of hydrogen-bond acceptors (Lipinski definition) is 5. The van der Waals surface area contributed by atoms with Gasteiger partial charge in [-0.25, -0.2) is 0 Å². The first-order chi connectivity index (χ1) is 20.3. The van der Waals surface area contributed by atoms with Crippen molar-refractivity contribution >= 4 is 46.1 Å². The molecule has 3 aromatic carbocycles. The van der Waals surface area contributed by atoms with Gasteiger partial charge in [0.1, 0.15) is 0 Å². The molecule has 0 amide bonds. The number of para-hydroxylation sites is 2. The molecule has 2 aliphatic heterocycles. The third-order valence-electron chi connectivity index (χ3n) is 8.92. The van der Waals surface area contributed by atoms with E-state index in [1.165, 1.54) is 39.6 Å². The predicted octanol–water partition coefficient (Wildman–Crippen LogP) is 8.17. The molecule has 0 fully saturated rings. The molecule has 1 aromatic heterocycles. The van der Waals surface area contributed by atoms with Crippen molar-refractivity contribution < 1.29 is 30.0 Å². The van der Waals surface area contributed by atoms with Gasteiger partial charge in [-0.3, -0.25) is 9.78 Å². The van der Waals surface area contributed by atoms with Crippen molar-refractivity contribution in [1.29, 1.82) is 0 Å². The van der Waals surface area contributed by atoms with Crippen molar-refractivity contribution in [2.75, 3.05) is 16.7 Å². The number of aliphatic hydroxyl groups excluding tert-OH is 1.